The minimum Gasteiger partial charge on any atom is -0.468 e. The first kappa shape index (κ1) is 17.5. The van der Waals surface area contributed by atoms with Gasteiger partial charge in [-0.15, -0.1) is 6.58 Å². The van der Waals surface area contributed by atoms with Crippen LogP contribution in [0.2, 0.25) is 0 Å². The summed E-state index contributed by atoms with van der Waals surface area (Å²) in [6, 6.07) is 7.87. The summed E-state index contributed by atoms with van der Waals surface area (Å²) in [4.78, 5) is 11.1. The summed E-state index contributed by atoms with van der Waals surface area (Å²) in [6.07, 6.45) is 1.60. The Balaban J connectivity index is 2.89. The number of benzene rings is 1. The lowest BCUT2D eigenvalue weighted by atomic mass is 9.97. The van der Waals surface area contributed by atoms with Crippen molar-refractivity contribution >= 4 is 21.9 Å². The molecule has 0 spiro atoms. The molecule has 0 amide bonds. The average molecular weight is 351 g/mol. The fourth-order valence-corrected chi connectivity index (χ4v) is 2.32. The maximum Gasteiger partial charge on any atom is 0.317 e. The predicted octanol–water partition coefficient (Wildman–Crippen LogP) is 3.90. The first-order valence-corrected chi connectivity index (χ1v) is 7.41. The number of halogens is 1. The van der Waals surface area contributed by atoms with Gasteiger partial charge >= 0.3 is 5.97 Å². The third-order valence-electron chi connectivity index (χ3n) is 2.85. The first-order valence-electron chi connectivity index (χ1n) is 6.62. The SMILES string of the molecule is C=CCO[C@@H](c1ccccc1Br)[C@@H](C)C#CCC(=O)OC. The van der Waals surface area contributed by atoms with Gasteiger partial charge in [0.2, 0.25) is 0 Å². The van der Waals surface area contributed by atoms with Gasteiger partial charge in [-0.05, 0) is 18.6 Å². The molecular weight excluding hydrogens is 332 g/mol. The fraction of sp³-hybridized carbons (Fsp3) is 0.353. The van der Waals surface area contributed by atoms with Crippen molar-refractivity contribution in [1.29, 1.82) is 0 Å². The van der Waals surface area contributed by atoms with Gasteiger partial charge in [-0.25, -0.2) is 0 Å². The highest BCUT2D eigenvalue weighted by Crippen LogP contribution is 2.31. The van der Waals surface area contributed by atoms with Crippen LogP contribution < -0.4 is 0 Å². The highest BCUT2D eigenvalue weighted by Gasteiger charge is 2.20. The van der Waals surface area contributed by atoms with E-state index < -0.39 is 0 Å². The molecule has 1 rings (SSSR count). The molecule has 0 aliphatic heterocycles. The van der Waals surface area contributed by atoms with E-state index in [0.717, 1.165) is 10.0 Å². The molecular formula is C17H19BrO3. The van der Waals surface area contributed by atoms with Crippen LogP contribution in [-0.2, 0) is 14.3 Å². The van der Waals surface area contributed by atoms with Crippen molar-refractivity contribution in [2.45, 2.75) is 19.4 Å². The molecule has 3 nitrogen and oxygen atoms in total. The Bertz CT molecular complexity index is 542. The van der Waals surface area contributed by atoms with Crippen molar-refractivity contribution in [2.75, 3.05) is 13.7 Å². The molecule has 4 heteroatoms. The summed E-state index contributed by atoms with van der Waals surface area (Å²) in [5.41, 5.74) is 1.03. The number of hydrogen-bond acceptors (Lipinski definition) is 3. The van der Waals surface area contributed by atoms with E-state index in [1.54, 1.807) is 6.08 Å². The molecule has 0 N–H and O–H groups in total. The smallest absolute Gasteiger partial charge is 0.317 e. The molecule has 1 aromatic rings. The van der Waals surface area contributed by atoms with E-state index in [9.17, 15) is 4.79 Å². The van der Waals surface area contributed by atoms with Gasteiger partial charge in [0.25, 0.3) is 0 Å². The monoisotopic (exact) mass is 350 g/mol. The van der Waals surface area contributed by atoms with Crippen LogP contribution in [0.3, 0.4) is 0 Å². The lowest BCUT2D eigenvalue weighted by Crippen LogP contribution is -2.13. The Morgan fingerprint density at radius 3 is 2.81 bits per heavy atom. The Morgan fingerprint density at radius 1 is 1.48 bits per heavy atom. The molecule has 0 saturated heterocycles. The summed E-state index contributed by atoms with van der Waals surface area (Å²) < 4.78 is 11.4. The molecule has 21 heavy (non-hydrogen) atoms. The van der Waals surface area contributed by atoms with Crippen molar-refractivity contribution in [3.63, 3.8) is 0 Å². The van der Waals surface area contributed by atoms with Crippen LogP contribution >= 0.6 is 15.9 Å². The van der Waals surface area contributed by atoms with Gasteiger partial charge in [0, 0.05) is 10.4 Å². The minimum absolute atomic E-state index is 0.0618. The molecule has 0 aliphatic rings. The van der Waals surface area contributed by atoms with Gasteiger partial charge in [-0.3, -0.25) is 4.79 Å². The number of hydrogen-bond donors (Lipinski definition) is 0. The van der Waals surface area contributed by atoms with Crippen LogP contribution in [0, 0.1) is 17.8 Å². The molecule has 1 aromatic carbocycles. The van der Waals surface area contributed by atoms with Gasteiger partial charge in [-0.1, -0.05) is 52.0 Å². The largest absolute Gasteiger partial charge is 0.468 e. The van der Waals surface area contributed by atoms with Crippen molar-refractivity contribution in [3.8, 4) is 11.8 Å². The van der Waals surface area contributed by atoms with Gasteiger partial charge in [0.15, 0.2) is 0 Å². The van der Waals surface area contributed by atoms with Crippen LogP contribution in [0.5, 0.6) is 0 Å². The van der Waals surface area contributed by atoms with E-state index in [-0.39, 0.29) is 24.4 Å². The number of carbonyl (C=O) groups is 1. The van der Waals surface area contributed by atoms with E-state index in [2.05, 4.69) is 39.1 Å². The second kappa shape index (κ2) is 9.38. The van der Waals surface area contributed by atoms with Crippen LogP contribution in [0.15, 0.2) is 41.4 Å². The second-order valence-corrected chi connectivity index (χ2v) is 5.28. The summed E-state index contributed by atoms with van der Waals surface area (Å²) in [6.45, 7) is 6.08. The van der Waals surface area contributed by atoms with Crippen LogP contribution in [0.1, 0.15) is 25.0 Å². The second-order valence-electron chi connectivity index (χ2n) is 4.43. The zero-order chi connectivity index (χ0) is 15.7. The molecule has 0 radical (unpaired) electrons. The summed E-state index contributed by atoms with van der Waals surface area (Å²) in [5.74, 6) is 5.49. The maximum atomic E-state index is 11.1. The molecule has 0 aromatic heterocycles. The standard InChI is InChI=1S/C17H19BrO3/c1-4-12-21-17(14-9-5-6-10-15(14)18)13(2)8-7-11-16(19)20-3/h4-6,9-10,13,17H,1,11-12H2,2-3H3/t13-,17+/m0/s1. The lowest BCUT2D eigenvalue weighted by molar-refractivity contribution is -0.139. The molecule has 2 atom stereocenters. The average Bonchev–Trinajstić information content (AvgIpc) is 2.49. The molecule has 0 bridgehead atoms. The van der Waals surface area contributed by atoms with Gasteiger partial charge in [-0.2, -0.15) is 0 Å². The third-order valence-corrected chi connectivity index (χ3v) is 3.57. The van der Waals surface area contributed by atoms with E-state index in [1.807, 2.05) is 31.2 Å². The minimum atomic E-state index is -0.334. The quantitative estimate of drug-likeness (QED) is 0.443. The van der Waals surface area contributed by atoms with Crippen molar-refractivity contribution in [1.82, 2.24) is 0 Å². The summed E-state index contributed by atoms with van der Waals surface area (Å²) in [7, 11) is 1.35. The Kier molecular flexibility index (Phi) is 7.81. The van der Waals surface area contributed by atoms with Crippen LogP contribution in [0.25, 0.3) is 0 Å². The van der Waals surface area contributed by atoms with E-state index in [4.69, 9.17) is 4.74 Å². The van der Waals surface area contributed by atoms with Crippen molar-refractivity contribution in [3.05, 3.63) is 47.0 Å². The lowest BCUT2D eigenvalue weighted by Gasteiger charge is -2.22. The highest BCUT2D eigenvalue weighted by atomic mass is 79.9. The molecule has 0 aliphatic carbocycles. The van der Waals surface area contributed by atoms with E-state index in [1.165, 1.54) is 7.11 Å². The van der Waals surface area contributed by atoms with Gasteiger partial charge < -0.3 is 9.47 Å². The molecule has 0 saturated carbocycles. The Labute approximate surface area is 134 Å². The van der Waals surface area contributed by atoms with Crippen LogP contribution in [-0.4, -0.2) is 19.7 Å². The van der Waals surface area contributed by atoms with Gasteiger partial charge in [0.05, 0.1) is 19.8 Å². The molecule has 0 fully saturated rings. The normalized spacial score (nSPS) is 12.7. The summed E-state index contributed by atoms with van der Waals surface area (Å²) in [5, 5.41) is 0. The van der Waals surface area contributed by atoms with Crippen molar-refractivity contribution in [2.24, 2.45) is 5.92 Å². The number of methoxy groups -OCH3 is 1. The number of ether oxygens (including phenoxy) is 2. The molecule has 0 heterocycles. The highest BCUT2D eigenvalue weighted by molar-refractivity contribution is 9.10. The molecule has 112 valence electrons. The first-order chi connectivity index (χ1) is 10.1. The predicted molar refractivity (Wildman–Crippen MR) is 86.6 cm³/mol. The Morgan fingerprint density at radius 2 is 2.19 bits per heavy atom. The fourth-order valence-electron chi connectivity index (χ4n) is 1.81. The van der Waals surface area contributed by atoms with E-state index >= 15 is 0 Å². The summed E-state index contributed by atoms with van der Waals surface area (Å²) >= 11 is 3.53. The molecule has 0 unspecified atom stereocenters. The van der Waals surface area contributed by atoms with E-state index in [0.29, 0.717) is 6.61 Å². The Hall–Kier alpha value is -1.57. The number of esters is 1. The third kappa shape index (κ3) is 5.74. The zero-order valence-electron chi connectivity index (χ0n) is 12.3. The number of rotatable bonds is 6. The van der Waals surface area contributed by atoms with Crippen LogP contribution in [0.4, 0.5) is 0 Å². The maximum absolute atomic E-state index is 11.1. The van der Waals surface area contributed by atoms with Gasteiger partial charge in [0.1, 0.15) is 6.42 Å². The zero-order valence-corrected chi connectivity index (χ0v) is 13.9. The number of carbonyl (C=O) groups excluding carboxylic acids is 1. The topological polar surface area (TPSA) is 35.5 Å². The van der Waals surface area contributed by atoms with Crippen molar-refractivity contribution < 1.29 is 14.3 Å².